The molecule has 1 atom stereocenters. The number of amides is 1. The van der Waals surface area contributed by atoms with Crippen LogP contribution in [0.15, 0.2) is 48.5 Å². The Morgan fingerprint density at radius 1 is 1.17 bits per heavy atom. The van der Waals surface area contributed by atoms with Crippen LogP contribution in [-0.4, -0.2) is 44.4 Å². The molecule has 0 aliphatic carbocycles. The summed E-state index contributed by atoms with van der Waals surface area (Å²) in [5, 5.41) is 2.65. The second kappa shape index (κ2) is 9.13. The summed E-state index contributed by atoms with van der Waals surface area (Å²) in [5.41, 5.74) is -0.552. The smallest absolute Gasteiger partial charge is 0.361 e. The number of carbonyl (C=O) groups excluding carboxylic acids is 2. The lowest BCUT2D eigenvalue weighted by atomic mass is 10.0. The van der Waals surface area contributed by atoms with Gasteiger partial charge in [-0.25, -0.2) is 4.79 Å². The number of methoxy groups -OCH3 is 1. The normalized spacial score (nSPS) is 17.1. The van der Waals surface area contributed by atoms with Crippen molar-refractivity contribution in [1.82, 2.24) is 0 Å². The third-order valence-corrected chi connectivity index (χ3v) is 4.17. The minimum Gasteiger partial charge on any atom is -0.491 e. The molecule has 2 aromatic carbocycles. The monoisotopic (exact) mass is 395 g/mol. The maximum atomic E-state index is 12.4. The van der Waals surface area contributed by atoms with Crippen LogP contribution in [0.25, 0.3) is 0 Å². The molecule has 0 saturated carbocycles. The van der Waals surface area contributed by atoms with E-state index in [2.05, 4.69) is 17.2 Å². The van der Waals surface area contributed by atoms with Crippen molar-refractivity contribution in [2.45, 2.75) is 12.5 Å². The van der Waals surface area contributed by atoms with E-state index in [-0.39, 0.29) is 6.61 Å². The Morgan fingerprint density at radius 2 is 2.00 bits per heavy atom. The molecule has 0 saturated heterocycles. The van der Waals surface area contributed by atoms with Gasteiger partial charge in [0.2, 0.25) is 0 Å². The van der Waals surface area contributed by atoms with E-state index < -0.39 is 17.5 Å². The van der Waals surface area contributed by atoms with Crippen LogP contribution >= 0.6 is 0 Å². The molecule has 1 amide bonds. The Hall–Kier alpha value is -3.50. The summed E-state index contributed by atoms with van der Waals surface area (Å²) in [5.74, 6) is 5.33. The molecule has 29 heavy (non-hydrogen) atoms. The van der Waals surface area contributed by atoms with Crippen molar-refractivity contribution in [1.29, 1.82) is 0 Å². The Kier molecular flexibility index (Phi) is 6.37. The largest absolute Gasteiger partial charge is 0.491 e. The molecule has 7 nitrogen and oxygen atoms in total. The zero-order valence-corrected chi connectivity index (χ0v) is 16.2. The van der Waals surface area contributed by atoms with Crippen molar-refractivity contribution in [3.8, 4) is 23.3 Å². The first kappa shape index (κ1) is 20.2. The van der Waals surface area contributed by atoms with Gasteiger partial charge in [-0.1, -0.05) is 30.0 Å². The lowest BCUT2D eigenvalue weighted by Crippen LogP contribution is -2.55. The van der Waals surface area contributed by atoms with Crippen LogP contribution in [0, 0.1) is 11.8 Å². The maximum absolute atomic E-state index is 12.4. The molecule has 1 N–H and O–H groups in total. The van der Waals surface area contributed by atoms with Gasteiger partial charge >= 0.3 is 5.97 Å². The number of fused-ring (bicyclic) bond motifs is 1. The zero-order chi connectivity index (χ0) is 20.7. The number of ether oxygens (including phenoxy) is 4. The molecule has 3 rings (SSSR count). The minimum absolute atomic E-state index is 0.179. The number of carbonyl (C=O) groups is 2. The van der Waals surface area contributed by atoms with Crippen LogP contribution in [0.5, 0.6) is 11.5 Å². The fourth-order valence-corrected chi connectivity index (χ4v) is 2.59. The Labute approximate surface area is 168 Å². The van der Waals surface area contributed by atoms with E-state index in [1.165, 1.54) is 6.92 Å². The summed E-state index contributed by atoms with van der Waals surface area (Å²) in [4.78, 5) is 24.8. The molecule has 0 radical (unpaired) electrons. The number of anilines is 1. The summed E-state index contributed by atoms with van der Waals surface area (Å²) in [6, 6.07) is 14.1. The van der Waals surface area contributed by atoms with Crippen molar-refractivity contribution in [3.63, 3.8) is 0 Å². The third kappa shape index (κ3) is 4.86. The van der Waals surface area contributed by atoms with E-state index in [0.29, 0.717) is 36.0 Å². The Balaban J connectivity index is 1.58. The molecular formula is C22H21NO6. The second-order valence-corrected chi connectivity index (χ2v) is 6.33. The van der Waals surface area contributed by atoms with Gasteiger partial charge in [-0.15, -0.1) is 0 Å². The molecule has 0 bridgehead atoms. The highest BCUT2D eigenvalue weighted by Crippen LogP contribution is 2.33. The SMILES string of the molecule is COCCOc1cccc(C#CCOC(=O)C2(C)Oc3ccccc3NC2=O)c1. The lowest BCUT2D eigenvalue weighted by Gasteiger charge is -2.32. The van der Waals surface area contributed by atoms with E-state index in [9.17, 15) is 9.59 Å². The van der Waals surface area contributed by atoms with Gasteiger partial charge < -0.3 is 24.3 Å². The van der Waals surface area contributed by atoms with Crippen LogP contribution in [0.2, 0.25) is 0 Å². The molecule has 1 unspecified atom stereocenters. The number of para-hydroxylation sites is 2. The van der Waals surface area contributed by atoms with Gasteiger partial charge in [0.15, 0.2) is 6.61 Å². The van der Waals surface area contributed by atoms with Crippen LogP contribution in [0.1, 0.15) is 12.5 Å². The lowest BCUT2D eigenvalue weighted by molar-refractivity contribution is -0.164. The first-order valence-corrected chi connectivity index (χ1v) is 9.00. The highest BCUT2D eigenvalue weighted by molar-refractivity contribution is 6.13. The Morgan fingerprint density at radius 3 is 2.83 bits per heavy atom. The van der Waals surface area contributed by atoms with Gasteiger partial charge in [0.05, 0.1) is 12.3 Å². The van der Waals surface area contributed by atoms with E-state index >= 15 is 0 Å². The molecule has 1 heterocycles. The van der Waals surface area contributed by atoms with Gasteiger partial charge in [-0.3, -0.25) is 4.79 Å². The minimum atomic E-state index is -1.77. The molecule has 7 heteroatoms. The number of rotatable bonds is 6. The maximum Gasteiger partial charge on any atom is 0.361 e. The summed E-state index contributed by atoms with van der Waals surface area (Å²) in [7, 11) is 1.60. The van der Waals surface area contributed by atoms with Gasteiger partial charge in [-0.05, 0) is 37.3 Å². The quantitative estimate of drug-likeness (QED) is 0.350. The first-order chi connectivity index (χ1) is 14.0. The van der Waals surface area contributed by atoms with Crippen LogP contribution in [0.3, 0.4) is 0 Å². The second-order valence-electron chi connectivity index (χ2n) is 6.33. The average molecular weight is 395 g/mol. The summed E-state index contributed by atoms with van der Waals surface area (Å²) in [6.45, 7) is 2.12. The molecule has 0 aromatic heterocycles. The number of nitrogens with one attached hydrogen (secondary N) is 1. The fourth-order valence-electron chi connectivity index (χ4n) is 2.59. The summed E-state index contributed by atoms with van der Waals surface area (Å²) in [6.07, 6.45) is 0. The van der Waals surface area contributed by atoms with Crippen LogP contribution in [0.4, 0.5) is 5.69 Å². The summed E-state index contributed by atoms with van der Waals surface area (Å²) < 4.78 is 21.2. The topological polar surface area (TPSA) is 83.1 Å². The van der Waals surface area contributed by atoms with Gasteiger partial charge in [0.25, 0.3) is 11.5 Å². The van der Waals surface area contributed by atoms with Crippen molar-refractivity contribution in [2.24, 2.45) is 0 Å². The number of hydrogen-bond acceptors (Lipinski definition) is 6. The number of hydrogen-bond donors (Lipinski definition) is 1. The van der Waals surface area contributed by atoms with Crippen molar-refractivity contribution in [2.75, 3.05) is 32.2 Å². The number of esters is 1. The predicted molar refractivity (Wildman–Crippen MR) is 106 cm³/mol. The fraction of sp³-hybridized carbons (Fsp3) is 0.273. The molecule has 0 fully saturated rings. The van der Waals surface area contributed by atoms with Crippen LogP contribution < -0.4 is 14.8 Å². The molecule has 2 aromatic rings. The molecular weight excluding hydrogens is 374 g/mol. The van der Waals surface area contributed by atoms with E-state index in [0.717, 1.165) is 0 Å². The molecule has 1 aliphatic heterocycles. The van der Waals surface area contributed by atoms with E-state index in [4.69, 9.17) is 18.9 Å². The first-order valence-electron chi connectivity index (χ1n) is 9.00. The highest BCUT2D eigenvalue weighted by Gasteiger charge is 2.48. The standard InChI is InChI=1S/C22H21NO6/c1-22(20(24)23-18-10-3-4-11-19(18)29-22)21(25)28-12-6-8-16-7-5-9-17(15-16)27-14-13-26-2/h3-5,7,9-11,15H,12-14H2,1-2H3,(H,23,24). The van der Waals surface area contributed by atoms with Gasteiger partial charge in [0, 0.05) is 12.7 Å². The zero-order valence-electron chi connectivity index (χ0n) is 16.2. The average Bonchev–Trinajstić information content (AvgIpc) is 2.72. The van der Waals surface area contributed by atoms with Crippen LogP contribution in [-0.2, 0) is 19.1 Å². The summed E-state index contributed by atoms with van der Waals surface area (Å²) >= 11 is 0. The van der Waals surface area contributed by atoms with Crippen molar-refractivity contribution >= 4 is 17.6 Å². The molecule has 1 aliphatic rings. The predicted octanol–water partition coefficient (Wildman–Crippen LogP) is 2.40. The number of benzene rings is 2. The third-order valence-electron chi connectivity index (χ3n) is 4.17. The molecule has 0 spiro atoms. The van der Waals surface area contributed by atoms with Gasteiger partial charge in [-0.2, -0.15) is 0 Å². The Bertz CT molecular complexity index is 961. The van der Waals surface area contributed by atoms with Crippen molar-refractivity contribution < 1.29 is 28.5 Å². The van der Waals surface area contributed by atoms with Gasteiger partial charge in [0.1, 0.15) is 18.1 Å². The van der Waals surface area contributed by atoms with E-state index in [1.54, 1.807) is 37.4 Å². The highest BCUT2D eigenvalue weighted by atomic mass is 16.6. The van der Waals surface area contributed by atoms with E-state index in [1.807, 2.05) is 18.2 Å². The van der Waals surface area contributed by atoms with Crippen molar-refractivity contribution in [3.05, 3.63) is 54.1 Å². The molecule has 150 valence electrons.